The first kappa shape index (κ1) is 25.7. The number of hydrogen-bond donors (Lipinski definition) is 3. The second-order valence-corrected chi connectivity index (χ2v) is 7.09. The van der Waals surface area contributed by atoms with Gasteiger partial charge in [0.15, 0.2) is 10.9 Å². The average Bonchev–Trinajstić information content (AvgIpc) is 2.86. The molecule has 2 aromatic carbocycles. The SMILES string of the molecule is C=C.O=C(O)c1cc(=O)c2c(OCC(O)COc3cccc4oc(C(=O)O)cc(=O)c34)cccc2o1. The van der Waals surface area contributed by atoms with E-state index < -0.39 is 40.4 Å². The number of aliphatic hydroxyl groups excluding tert-OH is 1. The van der Waals surface area contributed by atoms with E-state index in [0.717, 1.165) is 12.1 Å². The number of carbonyl (C=O) groups is 2. The lowest BCUT2D eigenvalue weighted by Crippen LogP contribution is -2.25. The number of carboxylic acids is 2. The smallest absolute Gasteiger partial charge is 0.371 e. The van der Waals surface area contributed by atoms with Crippen LogP contribution in [-0.4, -0.2) is 46.6 Å². The van der Waals surface area contributed by atoms with Crippen LogP contribution in [0.3, 0.4) is 0 Å². The van der Waals surface area contributed by atoms with Gasteiger partial charge in [-0.25, -0.2) is 9.59 Å². The molecule has 0 unspecified atom stereocenters. The van der Waals surface area contributed by atoms with Crippen molar-refractivity contribution in [1.29, 1.82) is 0 Å². The van der Waals surface area contributed by atoms with E-state index in [1.807, 2.05) is 0 Å². The summed E-state index contributed by atoms with van der Waals surface area (Å²) in [6.45, 7) is 5.39. The van der Waals surface area contributed by atoms with Crippen molar-refractivity contribution in [3.05, 3.63) is 93.7 Å². The number of hydrogen-bond acceptors (Lipinski definition) is 9. The van der Waals surface area contributed by atoms with Gasteiger partial charge in [-0.1, -0.05) is 12.1 Å². The minimum absolute atomic E-state index is 0.0105. The summed E-state index contributed by atoms with van der Waals surface area (Å²) in [7, 11) is 0. The van der Waals surface area contributed by atoms with Gasteiger partial charge in [0.25, 0.3) is 0 Å². The number of fused-ring (bicyclic) bond motifs is 2. The molecule has 0 aliphatic rings. The van der Waals surface area contributed by atoms with Crippen molar-refractivity contribution in [2.75, 3.05) is 13.2 Å². The Morgan fingerprint density at radius 3 is 1.53 bits per heavy atom. The third-order valence-corrected chi connectivity index (χ3v) is 4.72. The largest absolute Gasteiger partial charge is 0.490 e. The zero-order valence-electron chi connectivity index (χ0n) is 18.6. The van der Waals surface area contributed by atoms with Crippen molar-refractivity contribution >= 4 is 33.9 Å². The highest BCUT2D eigenvalue weighted by Gasteiger charge is 2.17. The number of carboxylic acid groups (broad SMARTS) is 2. The summed E-state index contributed by atoms with van der Waals surface area (Å²) < 4.78 is 21.4. The van der Waals surface area contributed by atoms with Crippen LogP contribution in [-0.2, 0) is 0 Å². The molecule has 0 aliphatic heterocycles. The first-order valence-electron chi connectivity index (χ1n) is 10.3. The van der Waals surface area contributed by atoms with E-state index in [9.17, 15) is 24.3 Å². The van der Waals surface area contributed by atoms with E-state index in [2.05, 4.69) is 13.2 Å². The van der Waals surface area contributed by atoms with Crippen LogP contribution in [0.5, 0.6) is 11.5 Å². The number of ether oxygens (including phenoxy) is 2. The minimum atomic E-state index is -1.39. The van der Waals surface area contributed by atoms with Crippen LogP contribution in [0.15, 0.2) is 80.1 Å². The molecule has 0 aliphatic carbocycles. The van der Waals surface area contributed by atoms with Crippen molar-refractivity contribution in [1.82, 2.24) is 0 Å². The van der Waals surface area contributed by atoms with Gasteiger partial charge in [-0.2, -0.15) is 0 Å². The standard InChI is InChI=1S/C23H16O11.C2H4/c24-11(9-31-14-3-1-5-16-20(14)12(25)7-18(33-16)22(27)28)10-32-15-4-2-6-17-21(15)13(26)8-19(34-17)23(29)30;1-2/h1-8,11,24H,9-10H2,(H,27,28)(H,29,30);1-2H2. The minimum Gasteiger partial charge on any atom is -0.490 e. The maximum absolute atomic E-state index is 12.3. The predicted octanol–water partition coefficient (Wildman–Crippen LogP) is 2.92. The third-order valence-electron chi connectivity index (χ3n) is 4.72. The van der Waals surface area contributed by atoms with Crippen molar-refractivity contribution in [2.45, 2.75) is 6.10 Å². The van der Waals surface area contributed by atoms with Crippen LogP contribution >= 0.6 is 0 Å². The molecule has 0 saturated carbocycles. The summed E-state index contributed by atoms with van der Waals surface area (Å²) in [6, 6.07) is 10.4. The van der Waals surface area contributed by atoms with Crippen LogP contribution in [0.2, 0.25) is 0 Å². The molecule has 4 aromatic rings. The van der Waals surface area contributed by atoms with E-state index in [1.165, 1.54) is 36.4 Å². The Labute approximate surface area is 202 Å². The summed E-state index contributed by atoms with van der Waals surface area (Å²) in [4.78, 5) is 46.8. The third kappa shape index (κ3) is 5.42. The van der Waals surface area contributed by atoms with Gasteiger partial charge >= 0.3 is 11.9 Å². The second kappa shape index (κ2) is 11.0. The monoisotopic (exact) mass is 496 g/mol. The summed E-state index contributed by atoms with van der Waals surface area (Å²) in [5.41, 5.74) is -1.22. The van der Waals surface area contributed by atoms with E-state index >= 15 is 0 Å². The van der Waals surface area contributed by atoms with Crippen LogP contribution < -0.4 is 20.3 Å². The van der Waals surface area contributed by atoms with Gasteiger partial charge in [-0.05, 0) is 24.3 Å². The topological polar surface area (TPSA) is 174 Å². The Balaban J connectivity index is 0.00000176. The maximum atomic E-state index is 12.3. The van der Waals surface area contributed by atoms with Gasteiger partial charge in [-0.15, -0.1) is 13.2 Å². The molecule has 2 aromatic heterocycles. The Hall–Kier alpha value is -4.90. The summed E-state index contributed by atoms with van der Waals surface area (Å²) in [6.07, 6.45) is -1.19. The van der Waals surface area contributed by atoms with Gasteiger partial charge in [-0.3, -0.25) is 9.59 Å². The molecular formula is C25H20O11. The van der Waals surface area contributed by atoms with Crippen LogP contribution in [0.1, 0.15) is 21.1 Å². The molecule has 2 heterocycles. The molecule has 36 heavy (non-hydrogen) atoms. The summed E-state index contributed by atoms with van der Waals surface area (Å²) >= 11 is 0. The fourth-order valence-electron chi connectivity index (χ4n) is 3.23. The van der Waals surface area contributed by atoms with Gasteiger partial charge in [0.2, 0.25) is 11.5 Å². The van der Waals surface area contributed by atoms with Gasteiger partial charge in [0, 0.05) is 12.1 Å². The fourth-order valence-corrected chi connectivity index (χ4v) is 3.23. The number of aromatic carboxylic acids is 2. The normalized spacial score (nSPS) is 10.6. The van der Waals surface area contributed by atoms with E-state index in [-0.39, 0.29) is 46.7 Å². The Morgan fingerprint density at radius 2 is 1.17 bits per heavy atom. The van der Waals surface area contributed by atoms with Crippen molar-refractivity contribution in [2.24, 2.45) is 0 Å². The van der Waals surface area contributed by atoms with Crippen molar-refractivity contribution in [3.8, 4) is 11.5 Å². The number of rotatable bonds is 8. The highest BCUT2D eigenvalue weighted by molar-refractivity contribution is 5.90. The predicted molar refractivity (Wildman–Crippen MR) is 127 cm³/mol. The van der Waals surface area contributed by atoms with Crippen LogP contribution in [0.25, 0.3) is 21.9 Å². The maximum Gasteiger partial charge on any atom is 0.371 e. The Bertz CT molecular complexity index is 1430. The fraction of sp³-hybridized carbons (Fsp3) is 0.120. The Morgan fingerprint density at radius 1 is 0.778 bits per heavy atom. The molecule has 0 bridgehead atoms. The quantitative estimate of drug-likeness (QED) is 0.306. The molecule has 0 radical (unpaired) electrons. The summed E-state index contributed by atoms with van der Waals surface area (Å²) in [5, 5.41) is 28.4. The number of benzene rings is 2. The molecule has 0 fully saturated rings. The highest BCUT2D eigenvalue weighted by Crippen LogP contribution is 2.25. The van der Waals surface area contributed by atoms with E-state index in [0.29, 0.717) is 0 Å². The average molecular weight is 496 g/mol. The zero-order valence-corrected chi connectivity index (χ0v) is 18.6. The Kier molecular flexibility index (Phi) is 7.87. The van der Waals surface area contributed by atoms with E-state index in [1.54, 1.807) is 0 Å². The molecule has 4 rings (SSSR count). The molecule has 0 amide bonds. The molecule has 11 heteroatoms. The first-order valence-corrected chi connectivity index (χ1v) is 10.3. The van der Waals surface area contributed by atoms with Crippen molar-refractivity contribution < 1.29 is 43.2 Å². The van der Waals surface area contributed by atoms with Gasteiger partial charge in [0.1, 0.15) is 52.8 Å². The lowest BCUT2D eigenvalue weighted by molar-refractivity contribution is 0.0636. The van der Waals surface area contributed by atoms with E-state index in [4.69, 9.17) is 28.5 Å². The van der Waals surface area contributed by atoms with Gasteiger partial charge < -0.3 is 33.6 Å². The van der Waals surface area contributed by atoms with Crippen LogP contribution in [0.4, 0.5) is 0 Å². The number of aliphatic hydroxyl groups is 1. The summed E-state index contributed by atoms with van der Waals surface area (Å²) in [5.74, 6) is -3.65. The van der Waals surface area contributed by atoms with Gasteiger partial charge in [0.05, 0.1) is 0 Å². The second-order valence-electron chi connectivity index (χ2n) is 7.09. The molecule has 11 nitrogen and oxygen atoms in total. The van der Waals surface area contributed by atoms with Crippen molar-refractivity contribution in [3.63, 3.8) is 0 Å². The zero-order chi connectivity index (χ0) is 26.4. The molecular weight excluding hydrogens is 476 g/mol. The lowest BCUT2D eigenvalue weighted by atomic mass is 10.2. The molecule has 0 spiro atoms. The first-order chi connectivity index (χ1) is 17.2. The molecule has 3 N–H and O–H groups in total. The molecule has 0 saturated heterocycles. The molecule has 0 atom stereocenters. The van der Waals surface area contributed by atoms with Crippen LogP contribution in [0, 0.1) is 0 Å². The molecule has 186 valence electrons. The lowest BCUT2D eigenvalue weighted by Gasteiger charge is -2.15. The highest BCUT2D eigenvalue weighted by atomic mass is 16.5.